The van der Waals surface area contributed by atoms with Crippen LogP contribution in [0.4, 0.5) is 0 Å². The van der Waals surface area contributed by atoms with Crippen molar-refractivity contribution in [3.8, 4) is 0 Å². The highest BCUT2D eigenvalue weighted by molar-refractivity contribution is 7.47. The molecular weight excluding hydrogens is 1140 g/mol. The van der Waals surface area contributed by atoms with E-state index in [0.717, 1.165) is 102 Å². The van der Waals surface area contributed by atoms with Crippen molar-refractivity contribution in [3.05, 3.63) is 0 Å². The van der Waals surface area contributed by atoms with Crippen LogP contribution >= 0.6 is 15.6 Å². The Kier molecular flexibility index (Phi) is 59.2. The number of esters is 4. The summed E-state index contributed by atoms with van der Waals surface area (Å²) in [7, 11) is -9.88. The van der Waals surface area contributed by atoms with E-state index in [4.69, 9.17) is 37.0 Å². The highest BCUT2D eigenvalue weighted by atomic mass is 31.2. The summed E-state index contributed by atoms with van der Waals surface area (Å²) in [5, 5.41) is 10.5. The number of ether oxygens (including phenoxy) is 4. The van der Waals surface area contributed by atoms with E-state index in [1.165, 1.54) is 161 Å². The Morgan fingerprint density at radius 2 is 0.535 bits per heavy atom. The first-order valence-corrected chi connectivity index (χ1v) is 38.1. The maximum Gasteiger partial charge on any atom is 0.472 e. The number of carbonyl (C=O) groups is 4. The first kappa shape index (κ1) is 84.1. The second kappa shape index (κ2) is 60.6. The lowest BCUT2D eigenvalue weighted by Gasteiger charge is -2.21. The van der Waals surface area contributed by atoms with Crippen LogP contribution in [0.25, 0.3) is 0 Å². The third kappa shape index (κ3) is 60.9. The summed E-state index contributed by atoms with van der Waals surface area (Å²) in [6, 6.07) is 0. The summed E-state index contributed by atoms with van der Waals surface area (Å²) in [5.41, 5.74) is 0. The quantitative estimate of drug-likeness (QED) is 0.0222. The number of unbranched alkanes of at least 4 members (excludes halogenated alkanes) is 39. The molecule has 17 nitrogen and oxygen atoms in total. The molecule has 3 N–H and O–H groups in total. The lowest BCUT2D eigenvalue weighted by molar-refractivity contribution is -0.161. The highest BCUT2D eigenvalue weighted by Gasteiger charge is 2.30. The molecule has 0 aromatic carbocycles. The van der Waals surface area contributed by atoms with Crippen molar-refractivity contribution in [2.24, 2.45) is 5.92 Å². The number of phosphoric acid groups is 2. The van der Waals surface area contributed by atoms with Crippen molar-refractivity contribution in [2.75, 3.05) is 39.6 Å². The van der Waals surface area contributed by atoms with Crippen LogP contribution in [-0.4, -0.2) is 96.7 Å². The summed E-state index contributed by atoms with van der Waals surface area (Å²) in [6.45, 7) is 7.10. The summed E-state index contributed by atoms with van der Waals surface area (Å²) >= 11 is 0. The predicted octanol–water partition coefficient (Wildman–Crippen LogP) is 19.0. The van der Waals surface area contributed by atoms with Gasteiger partial charge >= 0.3 is 39.5 Å². The summed E-state index contributed by atoms with van der Waals surface area (Å²) in [6.07, 6.45) is 46.2. The summed E-state index contributed by atoms with van der Waals surface area (Å²) in [4.78, 5) is 72.1. The van der Waals surface area contributed by atoms with Gasteiger partial charge in [0.15, 0.2) is 12.2 Å². The Morgan fingerprint density at radius 3 is 0.791 bits per heavy atom. The predicted molar refractivity (Wildman–Crippen MR) is 345 cm³/mol. The van der Waals surface area contributed by atoms with E-state index >= 15 is 0 Å². The van der Waals surface area contributed by atoms with Gasteiger partial charge in [0, 0.05) is 25.7 Å². The molecule has 0 aromatic rings. The molecule has 0 heterocycles. The van der Waals surface area contributed by atoms with Crippen molar-refractivity contribution in [1.82, 2.24) is 0 Å². The Hall–Kier alpha value is -1.94. The zero-order chi connectivity index (χ0) is 63.5. The number of rotatable bonds is 67. The third-order valence-corrected chi connectivity index (χ3v) is 17.4. The lowest BCUT2D eigenvalue weighted by Crippen LogP contribution is -2.30. The van der Waals surface area contributed by atoms with E-state index in [2.05, 4.69) is 34.6 Å². The molecular formula is C67H130O17P2. The van der Waals surface area contributed by atoms with Crippen LogP contribution in [0.15, 0.2) is 0 Å². The van der Waals surface area contributed by atoms with Gasteiger partial charge in [-0.3, -0.25) is 37.3 Å². The molecule has 0 aliphatic heterocycles. The topological polar surface area (TPSA) is 237 Å². The van der Waals surface area contributed by atoms with Gasteiger partial charge in [-0.15, -0.1) is 0 Å². The van der Waals surface area contributed by atoms with Gasteiger partial charge in [-0.25, -0.2) is 9.13 Å². The van der Waals surface area contributed by atoms with Crippen molar-refractivity contribution in [1.29, 1.82) is 0 Å². The van der Waals surface area contributed by atoms with E-state index in [-0.39, 0.29) is 25.7 Å². The van der Waals surface area contributed by atoms with Crippen molar-refractivity contribution in [3.63, 3.8) is 0 Å². The van der Waals surface area contributed by atoms with Crippen molar-refractivity contribution in [2.45, 2.75) is 361 Å². The Labute approximate surface area is 524 Å². The normalized spacial score (nSPS) is 14.2. The second-order valence-corrected chi connectivity index (χ2v) is 27.6. The molecule has 0 amide bonds. The maximum absolute atomic E-state index is 13.0. The average molecular weight is 1270 g/mol. The van der Waals surface area contributed by atoms with Gasteiger partial charge < -0.3 is 33.8 Å². The van der Waals surface area contributed by atoms with Crippen LogP contribution in [0.3, 0.4) is 0 Å². The van der Waals surface area contributed by atoms with E-state index in [9.17, 15) is 43.2 Å². The molecule has 0 saturated heterocycles. The van der Waals surface area contributed by atoms with Crippen LogP contribution in [0.5, 0.6) is 0 Å². The molecule has 0 fully saturated rings. The van der Waals surface area contributed by atoms with Crippen LogP contribution in [-0.2, 0) is 65.4 Å². The van der Waals surface area contributed by atoms with Gasteiger partial charge in [0.1, 0.15) is 19.3 Å². The van der Waals surface area contributed by atoms with Crippen LogP contribution in [0.1, 0.15) is 343 Å². The van der Waals surface area contributed by atoms with Crippen LogP contribution in [0.2, 0.25) is 0 Å². The van der Waals surface area contributed by atoms with E-state index < -0.39 is 97.5 Å². The molecule has 19 heteroatoms. The zero-order valence-electron chi connectivity index (χ0n) is 55.4. The Morgan fingerprint density at radius 1 is 0.314 bits per heavy atom. The molecule has 2 unspecified atom stereocenters. The first-order chi connectivity index (χ1) is 41.5. The molecule has 0 spiro atoms. The fraction of sp³-hybridized carbons (Fsp3) is 0.940. The molecule has 86 heavy (non-hydrogen) atoms. The van der Waals surface area contributed by atoms with E-state index in [1.54, 1.807) is 0 Å². The maximum atomic E-state index is 13.0. The molecule has 0 aromatic heterocycles. The number of carbonyl (C=O) groups excluding carboxylic acids is 4. The van der Waals surface area contributed by atoms with Gasteiger partial charge in [-0.05, 0) is 31.6 Å². The SMILES string of the molecule is CCCCCCCCCCCCCCCCCCC(=O)O[C@H](COC(=O)CCCCCCCCCCCCCCCC)COP(=O)(O)OC[C@@H](O)COP(=O)(O)OC[C@@H](COC(=O)CCCCCCC)OC(=O)CCCCCCCCCCC(C)C. The van der Waals surface area contributed by atoms with Crippen molar-refractivity contribution < 1.29 is 80.2 Å². The largest absolute Gasteiger partial charge is 0.472 e. The number of hydrogen-bond acceptors (Lipinski definition) is 15. The summed E-state index contributed by atoms with van der Waals surface area (Å²) < 4.78 is 68.0. The number of hydrogen-bond donors (Lipinski definition) is 3. The van der Waals surface area contributed by atoms with Gasteiger partial charge in [-0.1, -0.05) is 291 Å². The molecule has 510 valence electrons. The fourth-order valence-corrected chi connectivity index (χ4v) is 11.7. The van der Waals surface area contributed by atoms with Crippen molar-refractivity contribution >= 4 is 39.5 Å². The van der Waals surface area contributed by atoms with E-state index in [0.29, 0.717) is 25.7 Å². The monoisotopic (exact) mass is 1270 g/mol. The zero-order valence-corrected chi connectivity index (χ0v) is 57.2. The van der Waals surface area contributed by atoms with Gasteiger partial charge in [0.2, 0.25) is 0 Å². The minimum absolute atomic E-state index is 0.104. The minimum atomic E-state index is -4.95. The second-order valence-electron chi connectivity index (χ2n) is 24.7. The number of aliphatic hydroxyl groups excluding tert-OH is 1. The average Bonchev–Trinajstić information content (AvgIpc) is 3.49. The molecule has 0 bridgehead atoms. The first-order valence-electron chi connectivity index (χ1n) is 35.1. The minimum Gasteiger partial charge on any atom is -0.462 e. The smallest absolute Gasteiger partial charge is 0.462 e. The molecule has 5 atom stereocenters. The Balaban J connectivity index is 5.17. The Bertz CT molecular complexity index is 1670. The van der Waals surface area contributed by atoms with Crippen LogP contribution < -0.4 is 0 Å². The van der Waals surface area contributed by atoms with Crippen LogP contribution in [0, 0.1) is 5.92 Å². The number of phosphoric ester groups is 2. The van der Waals surface area contributed by atoms with E-state index in [1.807, 2.05) is 0 Å². The highest BCUT2D eigenvalue weighted by Crippen LogP contribution is 2.45. The molecule has 0 radical (unpaired) electrons. The van der Waals surface area contributed by atoms with Gasteiger partial charge in [0.05, 0.1) is 26.4 Å². The molecule has 0 aliphatic rings. The fourth-order valence-electron chi connectivity index (χ4n) is 10.1. The number of aliphatic hydroxyl groups is 1. The summed E-state index contributed by atoms with van der Waals surface area (Å²) in [5.74, 6) is -1.42. The lowest BCUT2D eigenvalue weighted by atomic mass is 10.0. The molecule has 0 rings (SSSR count). The molecule has 0 saturated carbocycles. The standard InChI is InChI=1S/C67H130O17P2/c1-6-9-12-15-17-19-21-23-25-26-28-30-32-37-42-47-52-66(71)84-63(57-78-65(70)51-46-41-36-31-29-27-24-22-20-18-16-13-10-7-2)59-82-86(75,76)80-55-61(68)54-79-85(73,74)81-58-62(56-77-64(69)50-45-39-14-11-8-3)83-67(72)53-48-43-38-34-33-35-40-44-49-60(4)5/h60-63,68H,6-59H2,1-5H3,(H,73,74)(H,75,76)/t61-,62+,63+/m0/s1. The van der Waals surface area contributed by atoms with Gasteiger partial charge in [-0.2, -0.15) is 0 Å². The molecule has 0 aliphatic carbocycles. The third-order valence-electron chi connectivity index (χ3n) is 15.5. The van der Waals surface area contributed by atoms with Gasteiger partial charge in [0.25, 0.3) is 0 Å².